The summed E-state index contributed by atoms with van der Waals surface area (Å²) in [6, 6.07) is 7.26. The highest BCUT2D eigenvalue weighted by Crippen LogP contribution is 2.09. The minimum Gasteiger partial charge on any atom is -0.355 e. The number of carbonyl (C=O) groups excluding carboxylic acids is 2. The van der Waals surface area contributed by atoms with Crippen LogP contribution >= 0.6 is 23.5 Å². The average Bonchev–Trinajstić information content (AvgIpc) is 2.48. The van der Waals surface area contributed by atoms with Crippen LogP contribution in [0.3, 0.4) is 0 Å². The maximum atomic E-state index is 12.1. The third-order valence-electron chi connectivity index (χ3n) is 2.83. The maximum Gasteiger partial charge on any atom is 0.251 e. The summed E-state index contributed by atoms with van der Waals surface area (Å²) in [5.41, 5.74) is 1.35. The molecule has 0 aromatic heterocycles. The minimum atomic E-state index is -0.114. The molecule has 1 aromatic rings. The number of thioether (sulfide) groups is 2. The average molecular weight is 326 g/mol. The molecule has 0 saturated carbocycles. The fraction of sp³-hybridized carbons (Fsp3) is 0.467. The Hall–Kier alpha value is -1.14. The molecule has 0 aliphatic heterocycles. The van der Waals surface area contributed by atoms with Crippen LogP contribution in [0.25, 0.3) is 0 Å². The monoisotopic (exact) mass is 326 g/mol. The molecule has 0 aliphatic carbocycles. The number of benzene rings is 1. The summed E-state index contributed by atoms with van der Waals surface area (Å²) in [6.07, 6.45) is 4.24. The molecule has 6 heteroatoms. The topological polar surface area (TPSA) is 58.2 Å². The van der Waals surface area contributed by atoms with E-state index in [1.54, 1.807) is 29.6 Å². The van der Waals surface area contributed by atoms with Crippen LogP contribution in [0.15, 0.2) is 24.3 Å². The first kappa shape index (κ1) is 17.9. The van der Waals surface area contributed by atoms with Crippen LogP contribution in [0.2, 0.25) is 0 Å². The van der Waals surface area contributed by atoms with Gasteiger partial charge in [-0.1, -0.05) is 18.2 Å². The highest BCUT2D eigenvalue weighted by Gasteiger charge is 2.12. The summed E-state index contributed by atoms with van der Waals surface area (Å²) in [4.78, 5) is 24.0. The molecule has 1 aromatic carbocycles. The lowest BCUT2D eigenvalue weighted by atomic mass is 10.0. The van der Waals surface area contributed by atoms with Crippen molar-refractivity contribution >= 4 is 35.3 Å². The second kappa shape index (κ2) is 10.6. The Kier molecular flexibility index (Phi) is 9.01. The van der Waals surface area contributed by atoms with E-state index in [9.17, 15) is 9.59 Å². The lowest BCUT2D eigenvalue weighted by molar-refractivity contribution is -0.120. The fourth-order valence-corrected chi connectivity index (χ4v) is 2.40. The van der Waals surface area contributed by atoms with Gasteiger partial charge in [0.15, 0.2) is 0 Å². The van der Waals surface area contributed by atoms with Gasteiger partial charge in [-0.3, -0.25) is 9.59 Å². The van der Waals surface area contributed by atoms with E-state index in [1.807, 2.05) is 30.7 Å². The Morgan fingerprint density at radius 1 is 1.00 bits per heavy atom. The summed E-state index contributed by atoms with van der Waals surface area (Å²) in [5.74, 6) is 1.61. The Labute approximate surface area is 134 Å². The van der Waals surface area contributed by atoms with Crippen molar-refractivity contribution in [1.82, 2.24) is 10.6 Å². The SMILES string of the molecule is CSCCNC(=O)Cc1ccccc1C(=O)NCCSC. The lowest BCUT2D eigenvalue weighted by Crippen LogP contribution is -2.30. The third-order valence-corrected chi connectivity index (χ3v) is 4.06. The van der Waals surface area contributed by atoms with Crippen LogP contribution in [0.1, 0.15) is 15.9 Å². The van der Waals surface area contributed by atoms with E-state index < -0.39 is 0 Å². The van der Waals surface area contributed by atoms with E-state index in [-0.39, 0.29) is 18.2 Å². The quantitative estimate of drug-likeness (QED) is 0.680. The van der Waals surface area contributed by atoms with Crippen molar-refractivity contribution in [3.05, 3.63) is 35.4 Å². The Morgan fingerprint density at radius 2 is 1.62 bits per heavy atom. The van der Waals surface area contributed by atoms with E-state index >= 15 is 0 Å². The first-order valence-electron chi connectivity index (χ1n) is 6.79. The maximum absolute atomic E-state index is 12.1. The van der Waals surface area contributed by atoms with Crippen molar-refractivity contribution in [1.29, 1.82) is 0 Å². The normalized spacial score (nSPS) is 10.2. The van der Waals surface area contributed by atoms with Gasteiger partial charge in [0.2, 0.25) is 5.91 Å². The Morgan fingerprint density at radius 3 is 2.29 bits per heavy atom. The molecule has 0 fully saturated rings. The van der Waals surface area contributed by atoms with E-state index in [1.165, 1.54) is 0 Å². The molecule has 0 bridgehead atoms. The van der Waals surface area contributed by atoms with Crippen molar-refractivity contribution in [2.45, 2.75) is 6.42 Å². The molecule has 0 spiro atoms. The van der Waals surface area contributed by atoms with Crippen molar-refractivity contribution in [3.63, 3.8) is 0 Å². The van der Waals surface area contributed by atoms with E-state index in [0.717, 1.165) is 17.1 Å². The van der Waals surface area contributed by atoms with Gasteiger partial charge in [0.25, 0.3) is 5.91 Å². The molecule has 0 heterocycles. The predicted molar refractivity (Wildman–Crippen MR) is 92.3 cm³/mol. The van der Waals surface area contributed by atoms with Crippen molar-refractivity contribution in [3.8, 4) is 0 Å². The second-order valence-corrected chi connectivity index (χ2v) is 6.40. The van der Waals surface area contributed by atoms with Crippen molar-refractivity contribution < 1.29 is 9.59 Å². The smallest absolute Gasteiger partial charge is 0.251 e. The van der Waals surface area contributed by atoms with Crippen LogP contribution in [-0.2, 0) is 11.2 Å². The minimum absolute atomic E-state index is 0.0478. The molecule has 116 valence electrons. The molecule has 0 aliphatic rings. The van der Waals surface area contributed by atoms with Gasteiger partial charge in [-0.25, -0.2) is 0 Å². The number of carbonyl (C=O) groups is 2. The van der Waals surface area contributed by atoms with E-state index in [0.29, 0.717) is 18.7 Å². The predicted octanol–water partition coefficient (Wildman–Crippen LogP) is 1.80. The van der Waals surface area contributed by atoms with Crippen LogP contribution in [-0.4, -0.2) is 48.9 Å². The fourth-order valence-electron chi connectivity index (χ4n) is 1.79. The zero-order valence-electron chi connectivity index (χ0n) is 12.5. The molecule has 0 saturated heterocycles. The van der Waals surface area contributed by atoms with Gasteiger partial charge >= 0.3 is 0 Å². The molecule has 2 N–H and O–H groups in total. The summed E-state index contributed by atoms with van der Waals surface area (Å²) < 4.78 is 0. The summed E-state index contributed by atoms with van der Waals surface area (Å²) in [7, 11) is 0. The largest absolute Gasteiger partial charge is 0.355 e. The van der Waals surface area contributed by atoms with E-state index in [2.05, 4.69) is 10.6 Å². The van der Waals surface area contributed by atoms with Crippen LogP contribution < -0.4 is 10.6 Å². The zero-order chi connectivity index (χ0) is 15.5. The summed E-state index contributed by atoms with van der Waals surface area (Å²) >= 11 is 3.37. The van der Waals surface area contributed by atoms with Gasteiger partial charge in [0.1, 0.15) is 0 Å². The molecule has 0 atom stereocenters. The highest BCUT2D eigenvalue weighted by atomic mass is 32.2. The summed E-state index contributed by atoms with van der Waals surface area (Å²) in [6.45, 7) is 1.29. The zero-order valence-corrected chi connectivity index (χ0v) is 14.1. The number of rotatable bonds is 9. The highest BCUT2D eigenvalue weighted by molar-refractivity contribution is 7.98. The molecule has 4 nitrogen and oxygen atoms in total. The van der Waals surface area contributed by atoms with Gasteiger partial charge < -0.3 is 10.6 Å². The number of hydrogen-bond donors (Lipinski definition) is 2. The molecular formula is C15H22N2O2S2. The van der Waals surface area contributed by atoms with Crippen LogP contribution in [0.4, 0.5) is 0 Å². The van der Waals surface area contributed by atoms with Gasteiger partial charge in [-0.15, -0.1) is 0 Å². The molecule has 2 amide bonds. The van der Waals surface area contributed by atoms with Crippen LogP contribution in [0, 0.1) is 0 Å². The van der Waals surface area contributed by atoms with Gasteiger partial charge in [0.05, 0.1) is 6.42 Å². The van der Waals surface area contributed by atoms with Gasteiger partial charge in [-0.05, 0) is 24.1 Å². The molecule has 1 rings (SSSR count). The second-order valence-electron chi connectivity index (χ2n) is 4.43. The van der Waals surface area contributed by atoms with Crippen molar-refractivity contribution in [2.75, 3.05) is 37.1 Å². The first-order valence-corrected chi connectivity index (χ1v) is 9.58. The molecule has 21 heavy (non-hydrogen) atoms. The Balaban J connectivity index is 2.61. The third kappa shape index (κ3) is 6.91. The number of hydrogen-bond acceptors (Lipinski definition) is 4. The van der Waals surface area contributed by atoms with Crippen molar-refractivity contribution in [2.24, 2.45) is 0 Å². The van der Waals surface area contributed by atoms with Gasteiger partial charge in [0, 0.05) is 30.2 Å². The van der Waals surface area contributed by atoms with Gasteiger partial charge in [-0.2, -0.15) is 23.5 Å². The number of amides is 2. The van der Waals surface area contributed by atoms with Crippen LogP contribution in [0.5, 0.6) is 0 Å². The summed E-state index contributed by atoms with van der Waals surface area (Å²) in [5, 5.41) is 5.73. The first-order chi connectivity index (χ1) is 10.2. The standard InChI is InChI=1S/C15H22N2O2S2/c1-20-9-7-16-14(18)11-12-5-3-4-6-13(12)15(19)17-8-10-21-2/h3-6H,7-11H2,1-2H3,(H,16,18)(H,17,19). The Bertz CT molecular complexity index is 467. The molecule has 0 radical (unpaired) electrons. The lowest BCUT2D eigenvalue weighted by Gasteiger charge is -2.10. The number of nitrogens with one attached hydrogen (secondary N) is 2. The molecule has 0 unspecified atom stereocenters. The molecular weight excluding hydrogens is 304 g/mol. The van der Waals surface area contributed by atoms with E-state index in [4.69, 9.17) is 0 Å².